The van der Waals surface area contributed by atoms with Gasteiger partial charge in [-0.1, -0.05) is 18.2 Å². The van der Waals surface area contributed by atoms with E-state index in [9.17, 15) is 13.2 Å². The number of nitrogens with zero attached hydrogens (tertiary/aromatic N) is 1. The van der Waals surface area contributed by atoms with Gasteiger partial charge in [-0.3, -0.25) is 4.79 Å². The summed E-state index contributed by atoms with van der Waals surface area (Å²) in [7, 11) is -3.38. The number of fused-ring (bicyclic) bond motifs is 5. The second kappa shape index (κ2) is 8.24. The fourth-order valence-corrected chi connectivity index (χ4v) is 5.93. The maximum atomic E-state index is 13.1. The van der Waals surface area contributed by atoms with Crippen molar-refractivity contribution in [2.24, 2.45) is 0 Å². The average Bonchev–Trinajstić information content (AvgIpc) is 2.98. The Labute approximate surface area is 172 Å². The molecule has 1 N–H and O–H groups in total. The number of ether oxygens (including phenoxy) is 2. The van der Waals surface area contributed by atoms with Crippen molar-refractivity contribution < 1.29 is 22.7 Å². The van der Waals surface area contributed by atoms with Crippen molar-refractivity contribution in [2.75, 3.05) is 19.5 Å². The lowest BCUT2D eigenvalue weighted by molar-refractivity contribution is -0.138. The second-order valence-electron chi connectivity index (χ2n) is 8.58. The summed E-state index contributed by atoms with van der Waals surface area (Å²) in [5.41, 5.74) is 1.17. The number of benzene rings is 1. The standard InChI is InChI=1S/C21H30N2O5S/c1-14-11-18(22-29(2,25)26)19-12-27-16-9-7-15(8-10-16)17-5-3-4-6-20(17)28-13-21(24)23(14)19/h3-6,14-16,18-19,22H,7-13H2,1-2H3/t14-,15-,16+,18-,19-/m0/s1. The molecule has 1 saturated carbocycles. The van der Waals surface area contributed by atoms with Crippen molar-refractivity contribution in [2.45, 2.75) is 69.2 Å². The molecule has 7 nitrogen and oxygen atoms in total. The van der Waals surface area contributed by atoms with Gasteiger partial charge in [-0.05, 0) is 56.6 Å². The number of hydrogen-bond acceptors (Lipinski definition) is 5. The van der Waals surface area contributed by atoms with Crippen LogP contribution in [0.25, 0.3) is 0 Å². The first-order chi connectivity index (χ1) is 13.8. The van der Waals surface area contributed by atoms with E-state index in [2.05, 4.69) is 10.8 Å². The van der Waals surface area contributed by atoms with E-state index < -0.39 is 10.0 Å². The Kier molecular flexibility index (Phi) is 5.86. The molecule has 3 atom stereocenters. The highest BCUT2D eigenvalue weighted by Gasteiger charge is 2.43. The van der Waals surface area contributed by atoms with Crippen molar-refractivity contribution >= 4 is 15.9 Å². The molecular weight excluding hydrogens is 392 g/mol. The summed E-state index contributed by atoms with van der Waals surface area (Å²) in [5, 5.41) is 0. The normalized spacial score (nSPS) is 33.1. The SMILES string of the molecule is C[C@H]1C[C@H](NS(C)(=O)=O)[C@@H]2CO[C@H]3CC[C@H](CC3)c3ccccc3OCC(=O)N12. The van der Waals surface area contributed by atoms with Gasteiger partial charge in [0.25, 0.3) is 5.91 Å². The lowest BCUT2D eigenvalue weighted by Crippen LogP contribution is -2.51. The molecule has 1 aromatic carbocycles. The van der Waals surface area contributed by atoms with E-state index in [-0.39, 0.29) is 36.7 Å². The van der Waals surface area contributed by atoms with Crippen LogP contribution in [0, 0.1) is 0 Å². The third kappa shape index (κ3) is 4.59. The fourth-order valence-electron chi connectivity index (χ4n) is 5.13. The Balaban J connectivity index is 1.62. The van der Waals surface area contributed by atoms with Gasteiger partial charge in [0, 0.05) is 12.1 Å². The van der Waals surface area contributed by atoms with E-state index in [4.69, 9.17) is 9.47 Å². The Bertz CT molecular complexity index is 850. The van der Waals surface area contributed by atoms with Crippen molar-refractivity contribution in [3.8, 4) is 5.75 Å². The van der Waals surface area contributed by atoms with E-state index in [0.717, 1.165) is 37.7 Å². The lowest BCUT2D eigenvalue weighted by atomic mass is 9.82. The van der Waals surface area contributed by atoms with Gasteiger partial charge < -0.3 is 14.4 Å². The molecular formula is C21H30N2O5S. The molecule has 2 fully saturated rings. The molecule has 160 valence electrons. The summed E-state index contributed by atoms with van der Waals surface area (Å²) in [6, 6.07) is 7.22. The van der Waals surface area contributed by atoms with E-state index in [1.165, 1.54) is 5.56 Å². The van der Waals surface area contributed by atoms with Crippen molar-refractivity contribution in [3.05, 3.63) is 29.8 Å². The summed E-state index contributed by atoms with van der Waals surface area (Å²) < 4.78 is 38.6. The van der Waals surface area contributed by atoms with Gasteiger partial charge in [0.2, 0.25) is 10.0 Å². The Morgan fingerprint density at radius 2 is 1.86 bits per heavy atom. The number of carbonyl (C=O) groups is 1. The maximum Gasteiger partial charge on any atom is 0.261 e. The maximum absolute atomic E-state index is 13.1. The number of rotatable bonds is 2. The molecule has 0 spiro atoms. The first-order valence-electron chi connectivity index (χ1n) is 10.4. The summed E-state index contributed by atoms with van der Waals surface area (Å²) in [4.78, 5) is 14.8. The lowest BCUT2D eigenvalue weighted by Gasteiger charge is -2.33. The van der Waals surface area contributed by atoms with Crippen molar-refractivity contribution in [1.29, 1.82) is 0 Å². The highest BCUT2D eigenvalue weighted by Crippen LogP contribution is 2.39. The predicted molar refractivity (Wildman–Crippen MR) is 109 cm³/mol. The molecule has 0 radical (unpaired) electrons. The quantitative estimate of drug-likeness (QED) is 0.788. The number of carbonyl (C=O) groups excluding carboxylic acids is 1. The third-order valence-electron chi connectivity index (χ3n) is 6.43. The molecule has 3 aliphatic heterocycles. The van der Waals surface area contributed by atoms with Gasteiger partial charge in [0.05, 0.1) is 25.0 Å². The van der Waals surface area contributed by atoms with Gasteiger partial charge in [0.1, 0.15) is 5.75 Å². The van der Waals surface area contributed by atoms with Crippen LogP contribution in [0.15, 0.2) is 24.3 Å². The molecule has 29 heavy (non-hydrogen) atoms. The van der Waals surface area contributed by atoms with Crippen LogP contribution in [-0.2, 0) is 19.6 Å². The number of amides is 1. The highest BCUT2D eigenvalue weighted by molar-refractivity contribution is 7.88. The monoisotopic (exact) mass is 422 g/mol. The molecule has 1 saturated heterocycles. The minimum absolute atomic E-state index is 0.0560. The van der Waals surface area contributed by atoms with Crippen LogP contribution in [0.3, 0.4) is 0 Å². The predicted octanol–water partition coefficient (Wildman–Crippen LogP) is 2.03. The van der Waals surface area contributed by atoms with E-state index in [0.29, 0.717) is 18.9 Å². The van der Waals surface area contributed by atoms with Crippen LogP contribution < -0.4 is 9.46 Å². The van der Waals surface area contributed by atoms with Gasteiger partial charge in [0.15, 0.2) is 6.61 Å². The van der Waals surface area contributed by atoms with Crippen LogP contribution in [0.1, 0.15) is 50.5 Å². The van der Waals surface area contributed by atoms with Crippen LogP contribution >= 0.6 is 0 Å². The molecule has 0 aromatic heterocycles. The number of hydrogen-bond donors (Lipinski definition) is 1. The zero-order valence-electron chi connectivity index (χ0n) is 17.0. The van der Waals surface area contributed by atoms with Crippen LogP contribution in [0.5, 0.6) is 5.75 Å². The minimum atomic E-state index is -3.38. The van der Waals surface area contributed by atoms with E-state index in [1.54, 1.807) is 4.90 Å². The third-order valence-corrected chi connectivity index (χ3v) is 7.16. The highest BCUT2D eigenvalue weighted by atomic mass is 32.2. The first kappa shape index (κ1) is 20.6. The summed E-state index contributed by atoms with van der Waals surface area (Å²) in [6.45, 7) is 2.23. The zero-order valence-corrected chi connectivity index (χ0v) is 17.9. The molecule has 2 bridgehead atoms. The molecule has 0 unspecified atom stereocenters. The number of para-hydroxylation sites is 1. The Morgan fingerprint density at radius 1 is 1.14 bits per heavy atom. The molecule has 1 aliphatic carbocycles. The van der Waals surface area contributed by atoms with Gasteiger partial charge in [-0.25, -0.2) is 13.1 Å². The van der Waals surface area contributed by atoms with Gasteiger partial charge in [-0.2, -0.15) is 0 Å². The Morgan fingerprint density at radius 3 is 2.59 bits per heavy atom. The van der Waals surface area contributed by atoms with Crippen LogP contribution in [0.4, 0.5) is 0 Å². The topological polar surface area (TPSA) is 84.9 Å². The zero-order chi connectivity index (χ0) is 20.6. The average molecular weight is 423 g/mol. The largest absolute Gasteiger partial charge is 0.483 e. The van der Waals surface area contributed by atoms with Crippen LogP contribution in [-0.4, -0.2) is 62.9 Å². The van der Waals surface area contributed by atoms with Gasteiger partial charge >= 0.3 is 0 Å². The molecule has 5 rings (SSSR count). The molecule has 8 heteroatoms. The number of nitrogens with one attached hydrogen (secondary N) is 1. The summed E-state index contributed by atoms with van der Waals surface area (Å²) in [5.74, 6) is 1.06. The van der Waals surface area contributed by atoms with Crippen molar-refractivity contribution in [3.63, 3.8) is 0 Å². The summed E-state index contributed by atoms with van der Waals surface area (Å²) >= 11 is 0. The fraction of sp³-hybridized carbons (Fsp3) is 0.667. The molecule has 1 aromatic rings. The molecule has 4 aliphatic rings. The summed E-state index contributed by atoms with van der Waals surface area (Å²) in [6.07, 6.45) is 5.83. The van der Waals surface area contributed by atoms with E-state index >= 15 is 0 Å². The molecule has 3 heterocycles. The Hall–Kier alpha value is -1.64. The smallest absolute Gasteiger partial charge is 0.261 e. The molecule has 1 amide bonds. The van der Waals surface area contributed by atoms with E-state index in [1.807, 2.05) is 25.1 Å². The minimum Gasteiger partial charge on any atom is -0.483 e. The first-order valence-corrected chi connectivity index (χ1v) is 12.3. The van der Waals surface area contributed by atoms with Crippen LogP contribution in [0.2, 0.25) is 0 Å². The van der Waals surface area contributed by atoms with Gasteiger partial charge in [-0.15, -0.1) is 0 Å². The van der Waals surface area contributed by atoms with Crippen molar-refractivity contribution in [1.82, 2.24) is 9.62 Å². The second-order valence-corrected chi connectivity index (χ2v) is 10.4. The number of sulfonamides is 1.